The Balaban J connectivity index is 1.61. The first-order valence-corrected chi connectivity index (χ1v) is 9.84. The SMILES string of the molecule is N=C(N)c1ccc(CNC(=O)[C@@H]2CCN2C(=O)[C@H](O)c2cc(Cl)cc(OC(F)F)c2)cn1. The second-order valence-corrected chi connectivity index (χ2v) is 7.46. The number of hydrogen-bond donors (Lipinski definition) is 4. The summed E-state index contributed by atoms with van der Waals surface area (Å²) in [6.45, 7) is -2.69. The Kier molecular flexibility index (Phi) is 7.21. The highest BCUT2D eigenvalue weighted by atomic mass is 35.5. The number of pyridine rings is 1. The Morgan fingerprint density at radius 3 is 2.69 bits per heavy atom. The number of amides is 2. The van der Waals surface area contributed by atoms with Gasteiger partial charge in [0, 0.05) is 24.3 Å². The molecular formula is C20H20ClF2N5O4. The number of halogens is 3. The fourth-order valence-electron chi connectivity index (χ4n) is 3.13. The van der Waals surface area contributed by atoms with Gasteiger partial charge in [-0.05, 0) is 41.8 Å². The summed E-state index contributed by atoms with van der Waals surface area (Å²) in [5, 5.41) is 20.4. The molecule has 0 aliphatic carbocycles. The molecule has 0 radical (unpaired) electrons. The van der Waals surface area contributed by atoms with Crippen molar-refractivity contribution in [2.24, 2.45) is 5.73 Å². The number of aliphatic hydroxyl groups excluding tert-OH is 1. The number of hydrogen-bond acceptors (Lipinski definition) is 6. The zero-order valence-electron chi connectivity index (χ0n) is 16.6. The lowest BCUT2D eigenvalue weighted by molar-refractivity contribution is -0.154. The number of nitrogens with two attached hydrogens (primary N) is 1. The van der Waals surface area contributed by atoms with Crippen molar-refractivity contribution in [3.63, 3.8) is 0 Å². The van der Waals surface area contributed by atoms with Gasteiger partial charge < -0.3 is 25.8 Å². The van der Waals surface area contributed by atoms with E-state index in [9.17, 15) is 23.5 Å². The highest BCUT2D eigenvalue weighted by molar-refractivity contribution is 6.30. The van der Waals surface area contributed by atoms with Crippen molar-refractivity contribution in [1.29, 1.82) is 5.41 Å². The summed E-state index contributed by atoms with van der Waals surface area (Å²) >= 11 is 5.87. The van der Waals surface area contributed by atoms with Crippen LogP contribution in [0.3, 0.4) is 0 Å². The van der Waals surface area contributed by atoms with Gasteiger partial charge in [0.2, 0.25) is 5.91 Å². The molecule has 2 amide bonds. The fraction of sp³-hybridized carbons (Fsp3) is 0.300. The van der Waals surface area contributed by atoms with Crippen molar-refractivity contribution in [1.82, 2.24) is 15.2 Å². The quantitative estimate of drug-likeness (QED) is 0.343. The lowest BCUT2D eigenvalue weighted by Gasteiger charge is -2.40. The molecule has 2 aromatic rings. The van der Waals surface area contributed by atoms with Crippen molar-refractivity contribution in [3.8, 4) is 5.75 Å². The number of aromatic nitrogens is 1. The van der Waals surface area contributed by atoms with Crippen molar-refractivity contribution in [3.05, 3.63) is 58.4 Å². The van der Waals surface area contributed by atoms with E-state index in [-0.39, 0.29) is 35.3 Å². The van der Waals surface area contributed by atoms with Gasteiger partial charge in [-0.15, -0.1) is 0 Å². The van der Waals surface area contributed by atoms with Crippen LogP contribution in [0.1, 0.15) is 29.3 Å². The van der Waals surface area contributed by atoms with Crippen LogP contribution in [-0.4, -0.2) is 51.8 Å². The highest BCUT2D eigenvalue weighted by Gasteiger charge is 2.40. The van der Waals surface area contributed by atoms with Crippen molar-refractivity contribution >= 4 is 29.3 Å². The Morgan fingerprint density at radius 1 is 1.38 bits per heavy atom. The van der Waals surface area contributed by atoms with Crippen LogP contribution in [0.2, 0.25) is 5.02 Å². The van der Waals surface area contributed by atoms with E-state index in [1.54, 1.807) is 12.1 Å². The number of aliphatic hydroxyl groups is 1. The molecule has 0 spiro atoms. The molecule has 2 heterocycles. The van der Waals surface area contributed by atoms with E-state index in [0.717, 1.165) is 12.1 Å². The molecule has 1 aromatic heterocycles. The highest BCUT2D eigenvalue weighted by Crippen LogP contribution is 2.29. The molecule has 0 saturated carbocycles. The minimum atomic E-state index is -3.09. The fourth-order valence-corrected chi connectivity index (χ4v) is 3.37. The number of nitrogens with one attached hydrogen (secondary N) is 2. The monoisotopic (exact) mass is 467 g/mol. The van der Waals surface area contributed by atoms with Gasteiger partial charge in [0.15, 0.2) is 6.10 Å². The zero-order chi connectivity index (χ0) is 23.4. The number of nitrogens with zero attached hydrogens (tertiary/aromatic N) is 2. The second-order valence-electron chi connectivity index (χ2n) is 7.02. The summed E-state index contributed by atoms with van der Waals surface area (Å²) in [5.74, 6) is -1.64. The van der Waals surface area contributed by atoms with E-state index in [1.165, 1.54) is 17.2 Å². The number of nitrogen functional groups attached to an aromatic ring is 1. The lowest BCUT2D eigenvalue weighted by Crippen LogP contribution is -2.59. The Bertz CT molecular complexity index is 1020. The topological polar surface area (TPSA) is 142 Å². The summed E-state index contributed by atoms with van der Waals surface area (Å²) in [6.07, 6.45) is 0.177. The molecule has 1 saturated heterocycles. The maximum Gasteiger partial charge on any atom is 0.387 e. The van der Waals surface area contributed by atoms with Crippen LogP contribution in [0.4, 0.5) is 8.78 Å². The van der Waals surface area contributed by atoms with Gasteiger partial charge in [-0.1, -0.05) is 17.7 Å². The van der Waals surface area contributed by atoms with Crippen molar-refractivity contribution < 1.29 is 28.2 Å². The van der Waals surface area contributed by atoms with Crippen molar-refractivity contribution in [2.45, 2.75) is 31.7 Å². The molecule has 0 unspecified atom stereocenters. The molecule has 12 heteroatoms. The summed E-state index contributed by atoms with van der Waals surface area (Å²) in [4.78, 5) is 30.4. The normalized spacial score (nSPS) is 16.3. The summed E-state index contributed by atoms with van der Waals surface area (Å²) in [6, 6.07) is 5.91. The number of carbonyl (C=O) groups excluding carboxylic acids is 2. The second kappa shape index (κ2) is 9.88. The Morgan fingerprint density at radius 2 is 2.12 bits per heavy atom. The summed E-state index contributed by atoms with van der Waals surface area (Å²) in [7, 11) is 0. The average Bonchev–Trinajstić information content (AvgIpc) is 2.70. The number of ether oxygens (including phenoxy) is 1. The van der Waals surface area contributed by atoms with E-state index in [2.05, 4.69) is 15.0 Å². The minimum Gasteiger partial charge on any atom is -0.435 e. The standard InChI is InChI=1S/C20H20ClF2N5O4/c21-12-5-11(6-13(7-12)32-20(22)23)16(29)19(31)28-4-3-15(28)18(30)27-9-10-1-2-14(17(24)25)26-8-10/h1-2,5-8,15-16,20,29H,3-4,9H2,(H3,24,25)(H,27,30)/t15-,16+/m0/s1. The van der Waals surface area contributed by atoms with Gasteiger partial charge in [0.25, 0.3) is 5.91 Å². The molecule has 1 aliphatic rings. The molecule has 9 nitrogen and oxygen atoms in total. The summed E-state index contributed by atoms with van der Waals surface area (Å²) in [5.41, 5.74) is 6.30. The number of rotatable bonds is 8. The molecular weight excluding hydrogens is 448 g/mol. The number of amidine groups is 1. The van der Waals surface area contributed by atoms with E-state index in [1.807, 2.05) is 0 Å². The average molecular weight is 468 g/mol. The third-order valence-electron chi connectivity index (χ3n) is 4.84. The molecule has 5 N–H and O–H groups in total. The molecule has 3 rings (SSSR count). The van der Waals surface area contributed by atoms with Crippen LogP contribution < -0.4 is 15.8 Å². The van der Waals surface area contributed by atoms with Crippen LogP contribution in [0, 0.1) is 5.41 Å². The molecule has 1 aromatic carbocycles. The van der Waals surface area contributed by atoms with E-state index >= 15 is 0 Å². The number of likely N-dealkylation sites (tertiary alicyclic amines) is 1. The first kappa shape index (κ1) is 23.4. The van der Waals surface area contributed by atoms with E-state index in [0.29, 0.717) is 17.7 Å². The predicted molar refractivity (Wildman–Crippen MR) is 110 cm³/mol. The Hall–Kier alpha value is -3.31. The molecule has 0 bridgehead atoms. The third-order valence-corrected chi connectivity index (χ3v) is 5.06. The first-order chi connectivity index (χ1) is 15.2. The van der Waals surface area contributed by atoms with Crippen LogP contribution in [0.5, 0.6) is 5.75 Å². The summed E-state index contributed by atoms with van der Waals surface area (Å²) < 4.78 is 29.2. The van der Waals surface area contributed by atoms with Gasteiger partial charge in [-0.25, -0.2) is 0 Å². The molecule has 2 atom stereocenters. The van der Waals surface area contributed by atoms with Gasteiger partial charge in [0.05, 0.1) is 0 Å². The number of carbonyl (C=O) groups is 2. The molecule has 170 valence electrons. The van der Waals surface area contributed by atoms with Gasteiger partial charge in [0.1, 0.15) is 23.3 Å². The molecule has 1 fully saturated rings. The number of alkyl halides is 2. The predicted octanol–water partition coefficient (Wildman–Crippen LogP) is 1.57. The third kappa shape index (κ3) is 5.48. The van der Waals surface area contributed by atoms with E-state index < -0.39 is 30.6 Å². The van der Waals surface area contributed by atoms with E-state index in [4.69, 9.17) is 22.7 Å². The largest absolute Gasteiger partial charge is 0.435 e. The van der Waals surface area contributed by atoms with Gasteiger partial charge in [-0.3, -0.25) is 20.0 Å². The van der Waals surface area contributed by atoms with Crippen LogP contribution in [0.15, 0.2) is 36.5 Å². The molecule has 32 heavy (non-hydrogen) atoms. The zero-order valence-corrected chi connectivity index (χ0v) is 17.4. The maximum absolute atomic E-state index is 12.7. The van der Waals surface area contributed by atoms with Gasteiger partial charge in [-0.2, -0.15) is 8.78 Å². The van der Waals surface area contributed by atoms with Crippen LogP contribution in [0.25, 0.3) is 0 Å². The maximum atomic E-state index is 12.7. The smallest absolute Gasteiger partial charge is 0.387 e. The Labute approximate surface area is 186 Å². The number of benzene rings is 1. The van der Waals surface area contributed by atoms with Crippen molar-refractivity contribution in [2.75, 3.05) is 6.54 Å². The first-order valence-electron chi connectivity index (χ1n) is 9.46. The van der Waals surface area contributed by atoms with Gasteiger partial charge >= 0.3 is 6.61 Å². The van der Waals surface area contributed by atoms with Crippen LogP contribution in [-0.2, 0) is 16.1 Å². The van der Waals surface area contributed by atoms with Crippen LogP contribution >= 0.6 is 11.6 Å². The minimum absolute atomic E-state index is 0.00676. The molecule has 1 aliphatic heterocycles. The lowest BCUT2D eigenvalue weighted by atomic mass is 9.98.